The van der Waals surface area contributed by atoms with Crippen LogP contribution in [0.4, 0.5) is 26.3 Å². The van der Waals surface area contributed by atoms with E-state index in [1.165, 1.54) is 30.3 Å². The van der Waals surface area contributed by atoms with Crippen molar-refractivity contribution in [1.29, 1.82) is 0 Å². The average molecular weight is 590 g/mol. The lowest BCUT2D eigenvalue weighted by molar-refractivity contribution is -0.140. The number of hydrogen-bond acceptors (Lipinski definition) is 6. The lowest BCUT2D eigenvalue weighted by Gasteiger charge is -2.24. The van der Waals surface area contributed by atoms with Crippen LogP contribution in [0.5, 0.6) is 5.75 Å². The van der Waals surface area contributed by atoms with Gasteiger partial charge in [-0.2, -0.15) is 13.2 Å². The fourth-order valence-electron chi connectivity index (χ4n) is 3.94. The van der Waals surface area contributed by atoms with Gasteiger partial charge in [0.2, 0.25) is 0 Å². The molecule has 3 aromatic carbocycles. The maximum absolute atomic E-state index is 14.7. The lowest BCUT2D eigenvalue weighted by atomic mass is 10.1. The molecule has 0 aliphatic heterocycles. The maximum Gasteiger partial charge on any atom is 0.419 e. The van der Waals surface area contributed by atoms with Gasteiger partial charge >= 0.3 is 12.1 Å². The number of ether oxygens (including phenoxy) is 2. The first kappa shape index (κ1) is 31.0. The molecule has 0 atom stereocenters. The summed E-state index contributed by atoms with van der Waals surface area (Å²) in [7, 11) is -3.07. The number of methoxy groups -OCH3 is 1. The SMILES string of the molecule is COC(=O)c1c(F)cc(OCCCN(Cc2ccc(F)cc2)Cc2cccc(C(F)(F)F)c2F)cc1S(C)(=O)=O. The molecular formula is C27H25F6NO5S. The maximum atomic E-state index is 14.7. The van der Waals surface area contributed by atoms with Crippen LogP contribution >= 0.6 is 0 Å². The summed E-state index contributed by atoms with van der Waals surface area (Å²) in [5.74, 6) is -4.40. The van der Waals surface area contributed by atoms with Crippen LogP contribution < -0.4 is 4.74 Å². The first-order valence-corrected chi connectivity index (χ1v) is 13.7. The van der Waals surface area contributed by atoms with Crippen LogP contribution in [0.25, 0.3) is 0 Å². The van der Waals surface area contributed by atoms with Gasteiger partial charge in [-0.15, -0.1) is 0 Å². The topological polar surface area (TPSA) is 72.9 Å². The largest absolute Gasteiger partial charge is 0.493 e. The second-order valence-corrected chi connectivity index (χ2v) is 10.8. The summed E-state index contributed by atoms with van der Waals surface area (Å²) in [5.41, 5.74) is -1.73. The Balaban J connectivity index is 1.77. The Morgan fingerprint density at radius 3 is 2.25 bits per heavy atom. The number of rotatable bonds is 11. The van der Waals surface area contributed by atoms with E-state index in [1.807, 2.05) is 0 Å². The van der Waals surface area contributed by atoms with E-state index >= 15 is 0 Å². The number of halogens is 6. The number of benzene rings is 3. The van der Waals surface area contributed by atoms with Crippen LogP contribution in [0.1, 0.15) is 33.5 Å². The van der Waals surface area contributed by atoms with Crippen molar-refractivity contribution in [3.05, 3.63) is 94.3 Å². The molecule has 3 aromatic rings. The molecule has 0 spiro atoms. The molecular weight excluding hydrogens is 564 g/mol. The highest BCUT2D eigenvalue weighted by Crippen LogP contribution is 2.33. The molecule has 0 saturated carbocycles. The Bertz CT molecular complexity index is 1460. The first-order chi connectivity index (χ1) is 18.7. The number of alkyl halides is 3. The van der Waals surface area contributed by atoms with Crippen LogP contribution in [-0.4, -0.2) is 45.8 Å². The van der Waals surface area contributed by atoms with E-state index in [9.17, 15) is 39.6 Å². The van der Waals surface area contributed by atoms with E-state index in [0.29, 0.717) is 11.6 Å². The van der Waals surface area contributed by atoms with Crippen molar-refractivity contribution < 1.29 is 49.0 Å². The minimum absolute atomic E-state index is 0.0921. The number of carbonyl (C=O) groups excluding carboxylic acids is 1. The fraction of sp³-hybridized carbons (Fsp3) is 0.296. The third-order valence-corrected chi connectivity index (χ3v) is 6.92. The molecule has 0 heterocycles. The summed E-state index contributed by atoms with van der Waals surface area (Å²) in [4.78, 5) is 12.9. The molecule has 216 valence electrons. The monoisotopic (exact) mass is 589 g/mol. The van der Waals surface area contributed by atoms with Gasteiger partial charge in [-0.05, 0) is 36.2 Å². The molecule has 40 heavy (non-hydrogen) atoms. The van der Waals surface area contributed by atoms with Crippen molar-refractivity contribution in [3.8, 4) is 5.75 Å². The average Bonchev–Trinajstić information content (AvgIpc) is 2.87. The molecule has 0 aliphatic rings. The van der Waals surface area contributed by atoms with E-state index in [1.54, 1.807) is 4.90 Å². The highest BCUT2D eigenvalue weighted by Gasteiger charge is 2.35. The van der Waals surface area contributed by atoms with Crippen LogP contribution in [0.2, 0.25) is 0 Å². The van der Waals surface area contributed by atoms with Crippen molar-refractivity contribution >= 4 is 15.8 Å². The first-order valence-electron chi connectivity index (χ1n) is 11.8. The van der Waals surface area contributed by atoms with Crippen molar-refractivity contribution in [2.75, 3.05) is 26.5 Å². The molecule has 0 aliphatic carbocycles. The minimum atomic E-state index is -4.88. The number of carbonyl (C=O) groups is 1. The molecule has 0 saturated heterocycles. The predicted octanol–water partition coefficient (Wildman–Crippen LogP) is 5.78. The highest BCUT2D eigenvalue weighted by molar-refractivity contribution is 7.90. The predicted molar refractivity (Wildman–Crippen MR) is 133 cm³/mol. The van der Waals surface area contributed by atoms with Gasteiger partial charge in [0.05, 0.1) is 24.2 Å². The smallest absolute Gasteiger partial charge is 0.419 e. The summed E-state index contributed by atoms with van der Waals surface area (Å²) in [6, 6.07) is 10.2. The van der Waals surface area contributed by atoms with Crippen LogP contribution in [0.3, 0.4) is 0 Å². The summed E-state index contributed by atoms with van der Waals surface area (Å²) in [6.07, 6.45) is -3.88. The van der Waals surface area contributed by atoms with Gasteiger partial charge in [0.15, 0.2) is 9.84 Å². The minimum Gasteiger partial charge on any atom is -0.493 e. The summed E-state index contributed by atoms with van der Waals surface area (Å²) in [6.45, 7) is -0.00954. The van der Waals surface area contributed by atoms with Gasteiger partial charge < -0.3 is 9.47 Å². The van der Waals surface area contributed by atoms with Crippen molar-refractivity contribution in [3.63, 3.8) is 0 Å². The summed E-state index contributed by atoms with van der Waals surface area (Å²) >= 11 is 0. The molecule has 0 unspecified atom stereocenters. The zero-order valence-electron chi connectivity index (χ0n) is 21.4. The zero-order valence-corrected chi connectivity index (χ0v) is 22.2. The second-order valence-electron chi connectivity index (χ2n) is 8.86. The van der Waals surface area contributed by atoms with Crippen LogP contribution in [-0.2, 0) is 33.8 Å². The number of sulfone groups is 1. The molecule has 0 aromatic heterocycles. The summed E-state index contributed by atoms with van der Waals surface area (Å²) in [5, 5.41) is 0. The molecule has 0 N–H and O–H groups in total. The van der Waals surface area contributed by atoms with Crippen LogP contribution in [0, 0.1) is 17.5 Å². The van der Waals surface area contributed by atoms with E-state index in [0.717, 1.165) is 31.6 Å². The Hall–Kier alpha value is -3.58. The van der Waals surface area contributed by atoms with Crippen LogP contribution in [0.15, 0.2) is 59.5 Å². The molecule has 0 radical (unpaired) electrons. The van der Waals surface area contributed by atoms with Gasteiger partial charge in [0.25, 0.3) is 0 Å². The van der Waals surface area contributed by atoms with E-state index in [-0.39, 0.29) is 44.0 Å². The quantitative estimate of drug-likeness (QED) is 0.160. The fourth-order valence-corrected chi connectivity index (χ4v) is 4.82. The Morgan fingerprint density at radius 2 is 1.65 bits per heavy atom. The van der Waals surface area contributed by atoms with Gasteiger partial charge in [0, 0.05) is 37.5 Å². The van der Waals surface area contributed by atoms with Crippen molar-refractivity contribution in [2.45, 2.75) is 30.6 Å². The Morgan fingerprint density at radius 1 is 0.975 bits per heavy atom. The third kappa shape index (κ3) is 7.98. The lowest BCUT2D eigenvalue weighted by Crippen LogP contribution is -2.26. The van der Waals surface area contributed by atoms with Crippen molar-refractivity contribution in [2.24, 2.45) is 0 Å². The van der Waals surface area contributed by atoms with Gasteiger partial charge in [0.1, 0.15) is 28.8 Å². The zero-order chi connectivity index (χ0) is 29.7. The molecule has 0 amide bonds. The number of hydrogen-bond donors (Lipinski definition) is 0. The standard InChI is InChI=1S/C27H25F6NO5S/c1-38-26(35)24-22(29)13-20(14-23(24)40(2,36)37)39-12-4-11-34(15-17-7-9-19(28)10-8-17)16-18-5-3-6-21(25(18)30)27(31,32)33/h3,5-10,13-14H,4,11-12,15-16H2,1-2H3. The molecule has 6 nitrogen and oxygen atoms in total. The second kappa shape index (κ2) is 12.7. The molecule has 3 rings (SSSR count). The number of nitrogens with zero attached hydrogens (tertiary/aromatic N) is 1. The molecule has 0 bridgehead atoms. The van der Waals surface area contributed by atoms with E-state index in [4.69, 9.17) is 4.74 Å². The van der Waals surface area contributed by atoms with E-state index < -0.39 is 55.5 Å². The Kier molecular flexibility index (Phi) is 9.85. The van der Waals surface area contributed by atoms with Gasteiger partial charge in [-0.1, -0.05) is 24.3 Å². The van der Waals surface area contributed by atoms with Gasteiger partial charge in [-0.25, -0.2) is 26.4 Å². The molecule has 0 fully saturated rings. The normalized spacial score (nSPS) is 12.0. The number of esters is 1. The van der Waals surface area contributed by atoms with Crippen molar-refractivity contribution in [1.82, 2.24) is 4.90 Å². The van der Waals surface area contributed by atoms with Gasteiger partial charge in [-0.3, -0.25) is 4.90 Å². The van der Waals surface area contributed by atoms with E-state index in [2.05, 4.69) is 4.74 Å². The molecule has 13 heteroatoms. The Labute approximate surface area is 227 Å². The third-order valence-electron chi connectivity index (χ3n) is 5.80. The highest BCUT2D eigenvalue weighted by atomic mass is 32.2. The summed E-state index contributed by atoms with van der Waals surface area (Å²) < 4.78 is 116.